The van der Waals surface area contributed by atoms with Crippen molar-refractivity contribution in [2.24, 2.45) is 0 Å². The van der Waals surface area contributed by atoms with E-state index in [2.05, 4.69) is 83.8 Å². The smallest absolute Gasteiger partial charge is 0.0697 e. The van der Waals surface area contributed by atoms with Gasteiger partial charge < -0.3 is 5.32 Å². The molecule has 1 aromatic heterocycles. The second kappa shape index (κ2) is 6.10. The Balaban J connectivity index is 2.58. The molecule has 0 amide bonds. The summed E-state index contributed by atoms with van der Waals surface area (Å²) < 4.78 is 3.15. The highest BCUT2D eigenvalue weighted by Gasteiger charge is 2.16. The van der Waals surface area contributed by atoms with Crippen LogP contribution in [0.25, 0.3) is 5.69 Å². The van der Waals surface area contributed by atoms with Gasteiger partial charge in [0, 0.05) is 16.2 Å². The number of rotatable bonds is 4. The number of aryl methyl sites for hydroxylation is 1. The Hall–Kier alpha value is -1.13. The van der Waals surface area contributed by atoms with E-state index in [1.54, 1.807) is 0 Å². The highest BCUT2D eigenvalue weighted by molar-refractivity contribution is 9.10. The van der Waals surface area contributed by atoms with Crippen molar-refractivity contribution in [2.45, 2.75) is 40.7 Å². The van der Waals surface area contributed by atoms with Gasteiger partial charge in [-0.3, -0.25) is 0 Å². The molecule has 0 radical (unpaired) electrons. The Morgan fingerprint density at radius 2 is 2.00 bits per heavy atom. The zero-order chi connectivity index (χ0) is 14.9. The average Bonchev–Trinajstić information content (AvgIpc) is 2.67. The second-order valence-electron chi connectivity index (χ2n) is 5.19. The number of hydrogen-bond acceptors (Lipinski definition) is 2. The summed E-state index contributed by atoms with van der Waals surface area (Å²) in [7, 11) is 0. The minimum absolute atomic E-state index is 0.289. The van der Waals surface area contributed by atoms with E-state index in [4.69, 9.17) is 0 Å². The molecule has 2 aromatic rings. The van der Waals surface area contributed by atoms with Gasteiger partial charge in [0.1, 0.15) is 0 Å². The topological polar surface area (TPSA) is 29.9 Å². The average molecular weight is 336 g/mol. The molecule has 0 saturated heterocycles. The van der Waals surface area contributed by atoms with Crippen LogP contribution in [0, 0.1) is 20.8 Å². The first-order valence-electron chi connectivity index (χ1n) is 7.01. The van der Waals surface area contributed by atoms with Gasteiger partial charge in [-0.25, -0.2) is 4.68 Å². The van der Waals surface area contributed by atoms with Crippen LogP contribution in [-0.2, 0) is 0 Å². The van der Waals surface area contributed by atoms with Crippen LogP contribution in [-0.4, -0.2) is 16.3 Å². The van der Waals surface area contributed by atoms with E-state index < -0.39 is 0 Å². The molecule has 1 N–H and O–H groups in total. The highest BCUT2D eigenvalue weighted by Crippen LogP contribution is 2.27. The van der Waals surface area contributed by atoms with E-state index in [0.717, 1.165) is 22.4 Å². The van der Waals surface area contributed by atoms with Gasteiger partial charge >= 0.3 is 0 Å². The number of hydrogen-bond donors (Lipinski definition) is 1. The molecule has 0 aliphatic rings. The lowest BCUT2D eigenvalue weighted by molar-refractivity contribution is 0.592. The summed E-state index contributed by atoms with van der Waals surface area (Å²) in [4.78, 5) is 0. The van der Waals surface area contributed by atoms with E-state index in [0.29, 0.717) is 0 Å². The largest absolute Gasteiger partial charge is 0.310 e. The van der Waals surface area contributed by atoms with Crippen LogP contribution >= 0.6 is 15.9 Å². The summed E-state index contributed by atoms with van der Waals surface area (Å²) in [6.45, 7) is 11.6. The third-order valence-corrected chi connectivity index (χ3v) is 4.34. The first-order valence-corrected chi connectivity index (χ1v) is 7.81. The van der Waals surface area contributed by atoms with Gasteiger partial charge in [-0.2, -0.15) is 5.10 Å². The summed E-state index contributed by atoms with van der Waals surface area (Å²) in [5.41, 5.74) is 5.96. The third-order valence-electron chi connectivity index (χ3n) is 3.85. The molecule has 2 rings (SSSR count). The van der Waals surface area contributed by atoms with E-state index in [1.807, 2.05) is 0 Å². The van der Waals surface area contributed by atoms with Crippen molar-refractivity contribution in [3.05, 3.63) is 45.2 Å². The predicted octanol–water partition coefficient (Wildman–Crippen LogP) is 4.23. The molecule has 0 fully saturated rings. The SMILES string of the molecule is CCNC(C)c1cc(Br)ccc1-n1nc(C)c(C)c1C. The van der Waals surface area contributed by atoms with Crippen molar-refractivity contribution in [3.8, 4) is 5.69 Å². The van der Waals surface area contributed by atoms with Crippen molar-refractivity contribution in [2.75, 3.05) is 6.54 Å². The molecule has 108 valence electrons. The lowest BCUT2D eigenvalue weighted by Gasteiger charge is -2.18. The lowest BCUT2D eigenvalue weighted by atomic mass is 10.1. The van der Waals surface area contributed by atoms with Crippen molar-refractivity contribution in [1.29, 1.82) is 0 Å². The summed E-state index contributed by atoms with van der Waals surface area (Å²) in [6.07, 6.45) is 0. The van der Waals surface area contributed by atoms with Gasteiger partial charge in [-0.05, 0) is 63.6 Å². The molecule has 1 heterocycles. The molecule has 0 aliphatic heterocycles. The monoisotopic (exact) mass is 335 g/mol. The minimum atomic E-state index is 0.289. The Bertz CT molecular complexity index is 616. The lowest BCUT2D eigenvalue weighted by Crippen LogP contribution is -2.20. The molecule has 1 atom stereocenters. The van der Waals surface area contributed by atoms with E-state index in [9.17, 15) is 0 Å². The number of benzene rings is 1. The Kier molecular flexibility index (Phi) is 4.66. The maximum absolute atomic E-state index is 4.69. The van der Waals surface area contributed by atoms with Gasteiger partial charge in [-0.1, -0.05) is 22.9 Å². The minimum Gasteiger partial charge on any atom is -0.310 e. The highest BCUT2D eigenvalue weighted by atomic mass is 79.9. The normalized spacial score (nSPS) is 12.7. The quantitative estimate of drug-likeness (QED) is 0.905. The summed E-state index contributed by atoms with van der Waals surface area (Å²) in [5, 5.41) is 8.16. The Morgan fingerprint density at radius 3 is 2.55 bits per heavy atom. The van der Waals surface area contributed by atoms with Crippen molar-refractivity contribution < 1.29 is 0 Å². The third kappa shape index (κ3) is 2.81. The van der Waals surface area contributed by atoms with Gasteiger partial charge in [0.25, 0.3) is 0 Å². The van der Waals surface area contributed by atoms with Crippen LogP contribution in [0.4, 0.5) is 0 Å². The summed E-state index contributed by atoms with van der Waals surface area (Å²) in [5.74, 6) is 0. The zero-order valence-corrected chi connectivity index (χ0v) is 14.4. The molecule has 0 spiro atoms. The summed E-state index contributed by atoms with van der Waals surface area (Å²) in [6, 6.07) is 6.67. The van der Waals surface area contributed by atoms with Crippen molar-refractivity contribution in [1.82, 2.24) is 15.1 Å². The molecule has 20 heavy (non-hydrogen) atoms. The van der Waals surface area contributed by atoms with Crippen LogP contribution in [0.3, 0.4) is 0 Å². The number of nitrogens with zero attached hydrogens (tertiary/aromatic N) is 2. The Morgan fingerprint density at radius 1 is 1.30 bits per heavy atom. The van der Waals surface area contributed by atoms with E-state index >= 15 is 0 Å². The number of halogens is 1. The number of aromatic nitrogens is 2. The standard InChI is InChI=1S/C16H22BrN3/c1-6-18-12(4)15-9-14(17)7-8-16(15)20-13(5)10(2)11(3)19-20/h7-9,12,18H,6H2,1-5H3. The van der Waals surface area contributed by atoms with Crippen molar-refractivity contribution in [3.63, 3.8) is 0 Å². The van der Waals surface area contributed by atoms with Gasteiger partial charge in [-0.15, -0.1) is 0 Å². The van der Waals surface area contributed by atoms with Crippen LogP contribution < -0.4 is 5.32 Å². The second-order valence-corrected chi connectivity index (χ2v) is 6.11. The molecule has 3 nitrogen and oxygen atoms in total. The molecule has 0 saturated carbocycles. The fourth-order valence-electron chi connectivity index (χ4n) is 2.44. The number of nitrogens with one attached hydrogen (secondary N) is 1. The first kappa shape index (κ1) is 15.3. The van der Waals surface area contributed by atoms with Crippen LogP contribution in [0.5, 0.6) is 0 Å². The fourth-order valence-corrected chi connectivity index (χ4v) is 2.82. The molecular weight excluding hydrogens is 314 g/mol. The zero-order valence-electron chi connectivity index (χ0n) is 12.8. The molecule has 1 aromatic carbocycles. The van der Waals surface area contributed by atoms with Gasteiger partial charge in [0.2, 0.25) is 0 Å². The van der Waals surface area contributed by atoms with Crippen LogP contribution in [0.15, 0.2) is 22.7 Å². The molecule has 1 unspecified atom stereocenters. The van der Waals surface area contributed by atoms with Gasteiger partial charge in [0.05, 0.1) is 11.4 Å². The predicted molar refractivity (Wildman–Crippen MR) is 87.6 cm³/mol. The maximum Gasteiger partial charge on any atom is 0.0697 e. The van der Waals surface area contributed by atoms with E-state index in [-0.39, 0.29) is 6.04 Å². The molecular formula is C16H22BrN3. The Labute approximate surface area is 129 Å². The fraction of sp³-hybridized carbons (Fsp3) is 0.438. The van der Waals surface area contributed by atoms with Gasteiger partial charge in [0.15, 0.2) is 0 Å². The molecule has 0 bridgehead atoms. The van der Waals surface area contributed by atoms with Crippen molar-refractivity contribution >= 4 is 15.9 Å². The van der Waals surface area contributed by atoms with E-state index in [1.165, 1.54) is 16.8 Å². The first-order chi connectivity index (χ1) is 9.45. The molecule has 0 aliphatic carbocycles. The van der Waals surface area contributed by atoms with Crippen LogP contribution in [0.2, 0.25) is 0 Å². The maximum atomic E-state index is 4.69. The van der Waals surface area contributed by atoms with Crippen LogP contribution in [0.1, 0.15) is 42.4 Å². The molecule has 4 heteroatoms. The summed E-state index contributed by atoms with van der Waals surface area (Å²) >= 11 is 3.57.